The van der Waals surface area contributed by atoms with Crippen LogP contribution in [-0.2, 0) is 6.54 Å². The van der Waals surface area contributed by atoms with Gasteiger partial charge in [-0.2, -0.15) is 0 Å². The summed E-state index contributed by atoms with van der Waals surface area (Å²) < 4.78 is 13.2. The highest BCUT2D eigenvalue weighted by Crippen LogP contribution is 2.09. The number of nitrogens with one attached hydrogen (secondary N) is 2. The Hall–Kier alpha value is -1.62. The zero-order chi connectivity index (χ0) is 15.8. The summed E-state index contributed by atoms with van der Waals surface area (Å²) in [4.78, 5) is 6.73. The Morgan fingerprint density at radius 2 is 2.05 bits per heavy atom. The maximum Gasteiger partial charge on any atom is 0.191 e. The number of aryl methyl sites for hydroxylation is 1. The minimum Gasteiger partial charge on any atom is -0.356 e. The van der Waals surface area contributed by atoms with Gasteiger partial charge in [0.15, 0.2) is 5.96 Å². The molecule has 0 spiro atoms. The van der Waals surface area contributed by atoms with Gasteiger partial charge in [0.25, 0.3) is 0 Å². The first-order valence-electron chi connectivity index (χ1n) is 8.11. The van der Waals surface area contributed by atoms with Crippen molar-refractivity contribution in [3.63, 3.8) is 0 Å². The minimum absolute atomic E-state index is 0.159. The van der Waals surface area contributed by atoms with Gasteiger partial charge in [0.05, 0.1) is 0 Å². The van der Waals surface area contributed by atoms with E-state index in [-0.39, 0.29) is 5.82 Å². The van der Waals surface area contributed by atoms with Crippen LogP contribution in [0.5, 0.6) is 0 Å². The molecule has 4 nitrogen and oxygen atoms in total. The molecule has 1 aliphatic rings. The third-order valence-electron chi connectivity index (χ3n) is 4.05. The molecule has 0 saturated carbocycles. The molecule has 0 aromatic heterocycles. The Bertz CT molecular complexity index is 495. The Labute approximate surface area is 132 Å². The smallest absolute Gasteiger partial charge is 0.191 e. The lowest BCUT2D eigenvalue weighted by Gasteiger charge is -2.16. The summed E-state index contributed by atoms with van der Waals surface area (Å²) in [6.45, 7) is 6.99. The van der Waals surface area contributed by atoms with Crippen molar-refractivity contribution < 1.29 is 4.39 Å². The minimum atomic E-state index is -0.159. The lowest BCUT2D eigenvalue weighted by Crippen LogP contribution is -2.38. The van der Waals surface area contributed by atoms with Crippen molar-refractivity contribution in [1.82, 2.24) is 15.5 Å². The van der Waals surface area contributed by atoms with Crippen LogP contribution in [-0.4, -0.2) is 44.1 Å². The molecule has 1 saturated heterocycles. The number of aliphatic imine (C=N–C) groups is 1. The SMILES string of the molecule is CN=C(NCCCN1CCCC1)NCc1ccc(F)c(C)c1. The summed E-state index contributed by atoms with van der Waals surface area (Å²) in [5, 5.41) is 6.59. The Morgan fingerprint density at radius 3 is 2.73 bits per heavy atom. The fourth-order valence-electron chi connectivity index (χ4n) is 2.74. The van der Waals surface area contributed by atoms with Crippen LogP contribution < -0.4 is 10.6 Å². The van der Waals surface area contributed by atoms with Gasteiger partial charge in [-0.15, -0.1) is 0 Å². The van der Waals surface area contributed by atoms with E-state index >= 15 is 0 Å². The molecule has 1 heterocycles. The molecule has 22 heavy (non-hydrogen) atoms. The van der Waals surface area contributed by atoms with Gasteiger partial charge in [-0.25, -0.2) is 4.39 Å². The highest BCUT2D eigenvalue weighted by Gasteiger charge is 2.10. The van der Waals surface area contributed by atoms with Crippen molar-refractivity contribution >= 4 is 5.96 Å². The van der Waals surface area contributed by atoms with Crippen LogP contribution in [0.3, 0.4) is 0 Å². The number of benzene rings is 1. The number of rotatable bonds is 6. The van der Waals surface area contributed by atoms with E-state index in [1.807, 2.05) is 6.07 Å². The predicted molar refractivity (Wildman–Crippen MR) is 89.6 cm³/mol. The monoisotopic (exact) mass is 306 g/mol. The second kappa shape index (κ2) is 8.73. The zero-order valence-corrected chi connectivity index (χ0v) is 13.7. The maximum atomic E-state index is 13.2. The first-order chi connectivity index (χ1) is 10.7. The largest absolute Gasteiger partial charge is 0.356 e. The van der Waals surface area contributed by atoms with Crippen molar-refractivity contribution in [2.24, 2.45) is 4.99 Å². The molecular weight excluding hydrogens is 279 g/mol. The van der Waals surface area contributed by atoms with E-state index in [4.69, 9.17) is 0 Å². The lowest BCUT2D eigenvalue weighted by atomic mass is 10.1. The Morgan fingerprint density at radius 1 is 1.27 bits per heavy atom. The van der Waals surface area contributed by atoms with Crippen molar-refractivity contribution in [1.29, 1.82) is 0 Å². The second-order valence-electron chi connectivity index (χ2n) is 5.84. The quantitative estimate of drug-likeness (QED) is 0.481. The highest BCUT2D eigenvalue weighted by molar-refractivity contribution is 5.79. The lowest BCUT2D eigenvalue weighted by molar-refractivity contribution is 0.334. The van der Waals surface area contributed by atoms with Gasteiger partial charge in [-0.1, -0.05) is 12.1 Å². The Balaban J connectivity index is 1.67. The first kappa shape index (κ1) is 16.7. The zero-order valence-electron chi connectivity index (χ0n) is 13.7. The van der Waals surface area contributed by atoms with Crippen molar-refractivity contribution in [2.75, 3.05) is 33.2 Å². The van der Waals surface area contributed by atoms with Gasteiger partial charge in [0, 0.05) is 20.1 Å². The van der Waals surface area contributed by atoms with E-state index in [0.717, 1.165) is 31.0 Å². The molecule has 1 fully saturated rings. The molecule has 1 aromatic carbocycles. The van der Waals surface area contributed by atoms with E-state index in [2.05, 4.69) is 20.5 Å². The number of hydrogen-bond acceptors (Lipinski definition) is 2. The standard InChI is InChI=1S/C17H27FN4/c1-14-12-15(6-7-16(14)18)13-21-17(19-2)20-8-5-11-22-9-3-4-10-22/h6-7,12H,3-5,8-11,13H2,1-2H3,(H2,19,20,21). The molecule has 0 bridgehead atoms. The van der Waals surface area contributed by atoms with Gasteiger partial charge in [0.1, 0.15) is 5.82 Å². The third-order valence-corrected chi connectivity index (χ3v) is 4.05. The summed E-state index contributed by atoms with van der Waals surface area (Å²) in [5.74, 6) is 0.636. The summed E-state index contributed by atoms with van der Waals surface area (Å²) in [6, 6.07) is 5.18. The van der Waals surface area contributed by atoms with Crippen LogP contribution in [0.2, 0.25) is 0 Å². The van der Waals surface area contributed by atoms with Gasteiger partial charge in [-0.3, -0.25) is 4.99 Å². The number of halogens is 1. The third kappa shape index (κ3) is 5.30. The van der Waals surface area contributed by atoms with Crippen LogP contribution in [0.15, 0.2) is 23.2 Å². The fraction of sp³-hybridized carbons (Fsp3) is 0.588. The van der Waals surface area contributed by atoms with Crippen molar-refractivity contribution in [2.45, 2.75) is 32.7 Å². The van der Waals surface area contributed by atoms with Gasteiger partial charge < -0.3 is 15.5 Å². The van der Waals surface area contributed by atoms with Crippen molar-refractivity contribution in [3.05, 3.63) is 35.1 Å². The maximum absolute atomic E-state index is 13.2. The summed E-state index contributed by atoms with van der Waals surface area (Å²) in [5.41, 5.74) is 1.73. The van der Waals surface area contributed by atoms with Crippen LogP contribution >= 0.6 is 0 Å². The van der Waals surface area contributed by atoms with Crippen LogP contribution in [0.25, 0.3) is 0 Å². The molecule has 2 N–H and O–H groups in total. The number of likely N-dealkylation sites (tertiary alicyclic amines) is 1. The molecule has 0 unspecified atom stereocenters. The molecule has 1 aromatic rings. The summed E-state index contributed by atoms with van der Waals surface area (Å²) in [6.07, 6.45) is 3.80. The number of hydrogen-bond donors (Lipinski definition) is 2. The second-order valence-corrected chi connectivity index (χ2v) is 5.84. The molecule has 122 valence electrons. The average molecular weight is 306 g/mol. The topological polar surface area (TPSA) is 39.7 Å². The van der Waals surface area contributed by atoms with E-state index in [0.29, 0.717) is 12.1 Å². The van der Waals surface area contributed by atoms with Crippen LogP contribution in [0, 0.1) is 12.7 Å². The fourth-order valence-corrected chi connectivity index (χ4v) is 2.74. The predicted octanol–water partition coefficient (Wildman–Crippen LogP) is 2.29. The molecular formula is C17H27FN4. The van der Waals surface area contributed by atoms with Gasteiger partial charge in [0.2, 0.25) is 0 Å². The van der Waals surface area contributed by atoms with Crippen LogP contribution in [0.1, 0.15) is 30.4 Å². The Kier molecular flexibility index (Phi) is 6.65. The molecule has 0 atom stereocenters. The number of nitrogens with zero attached hydrogens (tertiary/aromatic N) is 2. The van der Waals surface area contributed by atoms with Crippen LogP contribution in [0.4, 0.5) is 4.39 Å². The van der Waals surface area contributed by atoms with E-state index in [1.165, 1.54) is 32.0 Å². The molecule has 2 rings (SSSR count). The molecule has 0 amide bonds. The van der Waals surface area contributed by atoms with Gasteiger partial charge in [-0.05, 0) is 63.0 Å². The molecule has 0 radical (unpaired) electrons. The first-order valence-corrected chi connectivity index (χ1v) is 8.11. The highest BCUT2D eigenvalue weighted by atomic mass is 19.1. The molecule has 5 heteroatoms. The summed E-state index contributed by atoms with van der Waals surface area (Å²) >= 11 is 0. The van der Waals surface area contributed by atoms with E-state index < -0.39 is 0 Å². The van der Waals surface area contributed by atoms with Gasteiger partial charge >= 0.3 is 0 Å². The normalized spacial score (nSPS) is 16.0. The van der Waals surface area contributed by atoms with E-state index in [9.17, 15) is 4.39 Å². The number of guanidine groups is 1. The average Bonchev–Trinajstić information content (AvgIpc) is 3.03. The van der Waals surface area contributed by atoms with E-state index in [1.54, 1.807) is 20.0 Å². The molecule has 1 aliphatic heterocycles. The molecule has 0 aliphatic carbocycles. The summed E-state index contributed by atoms with van der Waals surface area (Å²) in [7, 11) is 1.77. The van der Waals surface area contributed by atoms with Crippen molar-refractivity contribution in [3.8, 4) is 0 Å².